The lowest BCUT2D eigenvalue weighted by molar-refractivity contribution is -0.119. The second-order valence-corrected chi connectivity index (χ2v) is 4.17. The first-order valence-electron chi connectivity index (χ1n) is 5.29. The Morgan fingerprint density at radius 1 is 1.19 bits per heavy atom. The van der Waals surface area contributed by atoms with Crippen LogP contribution < -0.4 is 4.90 Å². The van der Waals surface area contributed by atoms with E-state index >= 15 is 0 Å². The van der Waals surface area contributed by atoms with Gasteiger partial charge in [-0.05, 0) is 48.7 Å². The summed E-state index contributed by atoms with van der Waals surface area (Å²) < 4.78 is 0. The van der Waals surface area contributed by atoms with Crippen molar-refractivity contribution < 1.29 is 9.59 Å². The van der Waals surface area contributed by atoms with E-state index in [9.17, 15) is 9.59 Å². The standard InChI is InChI=1S/C12H12ClNO2/c13-12(16)9-4-6-10(7-5-9)14-8-2-1-3-11(14)15/h4-7H,1-3,8H2. The summed E-state index contributed by atoms with van der Waals surface area (Å²) in [5.74, 6) is 0.149. The zero-order valence-corrected chi connectivity index (χ0v) is 9.54. The molecule has 16 heavy (non-hydrogen) atoms. The van der Waals surface area contributed by atoms with Crippen molar-refractivity contribution in [1.29, 1.82) is 0 Å². The van der Waals surface area contributed by atoms with Crippen molar-refractivity contribution in [3.63, 3.8) is 0 Å². The third-order valence-electron chi connectivity index (χ3n) is 2.73. The molecule has 84 valence electrons. The van der Waals surface area contributed by atoms with Gasteiger partial charge in [-0.1, -0.05) is 0 Å². The molecule has 0 aliphatic carbocycles. The van der Waals surface area contributed by atoms with Crippen LogP contribution in [0.3, 0.4) is 0 Å². The maximum absolute atomic E-state index is 11.6. The minimum absolute atomic E-state index is 0.149. The van der Waals surface area contributed by atoms with Gasteiger partial charge in [0.1, 0.15) is 0 Å². The number of amides is 1. The molecule has 1 heterocycles. The van der Waals surface area contributed by atoms with E-state index in [1.54, 1.807) is 29.2 Å². The van der Waals surface area contributed by atoms with Gasteiger partial charge in [0.2, 0.25) is 5.91 Å². The van der Waals surface area contributed by atoms with Gasteiger partial charge in [-0.25, -0.2) is 0 Å². The third kappa shape index (κ3) is 2.25. The van der Waals surface area contributed by atoms with Crippen molar-refractivity contribution in [1.82, 2.24) is 0 Å². The Balaban J connectivity index is 2.20. The van der Waals surface area contributed by atoms with Crippen LogP contribution in [0.1, 0.15) is 29.6 Å². The largest absolute Gasteiger partial charge is 0.312 e. The quantitative estimate of drug-likeness (QED) is 0.742. The molecule has 1 amide bonds. The molecular formula is C12H12ClNO2. The molecule has 0 aromatic heterocycles. The summed E-state index contributed by atoms with van der Waals surface area (Å²) >= 11 is 5.35. The number of hydrogen-bond donors (Lipinski definition) is 0. The smallest absolute Gasteiger partial charge is 0.252 e. The summed E-state index contributed by atoms with van der Waals surface area (Å²) in [6.07, 6.45) is 2.60. The summed E-state index contributed by atoms with van der Waals surface area (Å²) in [5.41, 5.74) is 1.29. The number of hydrogen-bond acceptors (Lipinski definition) is 2. The maximum Gasteiger partial charge on any atom is 0.252 e. The zero-order chi connectivity index (χ0) is 11.5. The van der Waals surface area contributed by atoms with E-state index in [0.717, 1.165) is 25.1 Å². The van der Waals surface area contributed by atoms with Gasteiger partial charge in [0.25, 0.3) is 5.24 Å². The number of halogens is 1. The molecular weight excluding hydrogens is 226 g/mol. The van der Waals surface area contributed by atoms with Gasteiger partial charge in [0.15, 0.2) is 0 Å². The third-order valence-corrected chi connectivity index (χ3v) is 2.95. The van der Waals surface area contributed by atoms with Gasteiger partial charge in [-0.2, -0.15) is 0 Å². The first-order chi connectivity index (χ1) is 7.68. The SMILES string of the molecule is O=C(Cl)c1ccc(N2CCCCC2=O)cc1. The fourth-order valence-electron chi connectivity index (χ4n) is 1.85. The van der Waals surface area contributed by atoms with Crippen LogP contribution in [-0.4, -0.2) is 17.7 Å². The summed E-state index contributed by atoms with van der Waals surface area (Å²) in [6.45, 7) is 0.757. The van der Waals surface area contributed by atoms with Crippen LogP contribution >= 0.6 is 11.6 Å². The molecule has 0 N–H and O–H groups in total. The fourth-order valence-corrected chi connectivity index (χ4v) is 1.98. The van der Waals surface area contributed by atoms with E-state index in [2.05, 4.69) is 0 Å². The van der Waals surface area contributed by atoms with E-state index in [1.807, 2.05) is 0 Å². The number of carbonyl (C=O) groups excluding carboxylic acids is 2. The Kier molecular flexibility index (Phi) is 3.25. The minimum Gasteiger partial charge on any atom is -0.312 e. The summed E-state index contributed by atoms with van der Waals surface area (Å²) in [5, 5.41) is -0.475. The second-order valence-electron chi connectivity index (χ2n) is 3.82. The van der Waals surface area contributed by atoms with Crippen LogP contribution in [0.2, 0.25) is 0 Å². The molecule has 1 aromatic rings. The number of nitrogens with zero attached hydrogens (tertiary/aromatic N) is 1. The second kappa shape index (κ2) is 4.66. The molecule has 0 saturated carbocycles. The molecule has 1 aliphatic heterocycles. The topological polar surface area (TPSA) is 37.4 Å². The number of rotatable bonds is 2. The van der Waals surface area contributed by atoms with Crippen molar-refractivity contribution in [2.75, 3.05) is 11.4 Å². The van der Waals surface area contributed by atoms with E-state index in [1.165, 1.54) is 0 Å². The number of anilines is 1. The lowest BCUT2D eigenvalue weighted by Crippen LogP contribution is -2.35. The van der Waals surface area contributed by atoms with E-state index < -0.39 is 5.24 Å². The number of benzene rings is 1. The predicted molar refractivity (Wildman–Crippen MR) is 62.8 cm³/mol. The molecule has 0 atom stereocenters. The van der Waals surface area contributed by atoms with Crippen LogP contribution in [-0.2, 0) is 4.79 Å². The van der Waals surface area contributed by atoms with Crippen LogP contribution in [0.5, 0.6) is 0 Å². The average molecular weight is 238 g/mol. The molecule has 2 rings (SSSR count). The van der Waals surface area contributed by atoms with Gasteiger partial charge < -0.3 is 4.90 Å². The van der Waals surface area contributed by atoms with Crippen LogP contribution in [0, 0.1) is 0 Å². The Hall–Kier alpha value is -1.35. The predicted octanol–water partition coefficient (Wildman–Crippen LogP) is 2.58. The molecule has 0 unspecified atom stereocenters. The van der Waals surface area contributed by atoms with Crippen molar-refractivity contribution in [2.24, 2.45) is 0 Å². The summed E-state index contributed by atoms with van der Waals surface area (Å²) in [7, 11) is 0. The van der Waals surface area contributed by atoms with E-state index in [0.29, 0.717) is 12.0 Å². The van der Waals surface area contributed by atoms with Gasteiger partial charge in [-0.15, -0.1) is 0 Å². The highest BCUT2D eigenvalue weighted by atomic mass is 35.5. The number of carbonyl (C=O) groups is 2. The van der Waals surface area contributed by atoms with Crippen LogP contribution in [0.25, 0.3) is 0 Å². The van der Waals surface area contributed by atoms with Gasteiger partial charge >= 0.3 is 0 Å². The molecule has 0 bridgehead atoms. The Labute approximate surface area is 99.0 Å². The molecule has 1 aliphatic rings. The number of piperidine rings is 1. The van der Waals surface area contributed by atoms with Crippen molar-refractivity contribution in [2.45, 2.75) is 19.3 Å². The average Bonchev–Trinajstić information content (AvgIpc) is 2.30. The normalized spacial score (nSPS) is 16.3. The lowest BCUT2D eigenvalue weighted by Gasteiger charge is -2.26. The van der Waals surface area contributed by atoms with Gasteiger partial charge in [0.05, 0.1) is 0 Å². The lowest BCUT2D eigenvalue weighted by atomic mass is 10.1. The Morgan fingerprint density at radius 2 is 1.88 bits per heavy atom. The highest BCUT2D eigenvalue weighted by Crippen LogP contribution is 2.21. The maximum atomic E-state index is 11.6. The summed E-state index contributed by atoms with van der Waals surface area (Å²) in [6, 6.07) is 6.82. The molecule has 0 spiro atoms. The van der Waals surface area contributed by atoms with Crippen molar-refractivity contribution in [3.8, 4) is 0 Å². The van der Waals surface area contributed by atoms with Crippen molar-refractivity contribution >= 4 is 28.4 Å². The highest BCUT2D eigenvalue weighted by Gasteiger charge is 2.19. The summed E-state index contributed by atoms with van der Waals surface area (Å²) in [4.78, 5) is 24.3. The zero-order valence-electron chi connectivity index (χ0n) is 8.78. The van der Waals surface area contributed by atoms with Crippen molar-refractivity contribution in [3.05, 3.63) is 29.8 Å². The highest BCUT2D eigenvalue weighted by molar-refractivity contribution is 6.67. The molecule has 1 aromatic carbocycles. The molecule has 4 heteroatoms. The molecule has 1 saturated heterocycles. The van der Waals surface area contributed by atoms with Gasteiger partial charge in [0, 0.05) is 24.2 Å². The first-order valence-corrected chi connectivity index (χ1v) is 5.66. The monoisotopic (exact) mass is 237 g/mol. The van der Waals surface area contributed by atoms with Gasteiger partial charge in [-0.3, -0.25) is 9.59 Å². The van der Waals surface area contributed by atoms with Crippen LogP contribution in [0.4, 0.5) is 5.69 Å². The van der Waals surface area contributed by atoms with Crippen LogP contribution in [0.15, 0.2) is 24.3 Å². The molecule has 0 radical (unpaired) electrons. The molecule has 1 fully saturated rings. The minimum atomic E-state index is -0.475. The first kappa shape index (κ1) is 11.1. The Bertz CT molecular complexity index is 414. The van der Waals surface area contributed by atoms with E-state index in [4.69, 9.17) is 11.6 Å². The fraction of sp³-hybridized carbons (Fsp3) is 0.333. The Morgan fingerprint density at radius 3 is 2.44 bits per heavy atom. The van der Waals surface area contributed by atoms with E-state index in [-0.39, 0.29) is 5.91 Å². The molecule has 3 nitrogen and oxygen atoms in total.